The van der Waals surface area contributed by atoms with Gasteiger partial charge in [0.05, 0.1) is 4.90 Å². The molecule has 0 bridgehead atoms. The molecule has 21 heavy (non-hydrogen) atoms. The van der Waals surface area contributed by atoms with Crippen LogP contribution in [0.15, 0.2) is 29.2 Å². The van der Waals surface area contributed by atoms with Crippen molar-refractivity contribution < 1.29 is 8.42 Å². The number of nitrogens with one attached hydrogen (secondary N) is 1. The first-order chi connectivity index (χ1) is 9.78. The first-order valence-corrected chi connectivity index (χ1v) is 8.89. The summed E-state index contributed by atoms with van der Waals surface area (Å²) in [4.78, 5) is 2.53. The zero-order chi connectivity index (χ0) is 15.6. The Labute approximate surface area is 127 Å². The highest BCUT2D eigenvalue weighted by Gasteiger charge is 2.23. The van der Waals surface area contributed by atoms with E-state index in [9.17, 15) is 8.42 Å². The molecule has 6 heteroatoms. The monoisotopic (exact) mass is 311 g/mol. The minimum atomic E-state index is -3.42. The van der Waals surface area contributed by atoms with E-state index in [1.807, 2.05) is 26.0 Å². The third-order valence-corrected chi connectivity index (χ3v) is 5.27. The van der Waals surface area contributed by atoms with Gasteiger partial charge in [-0.25, -0.2) is 13.1 Å². The summed E-state index contributed by atoms with van der Waals surface area (Å²) in [5.74, 6) is 0.555. The Hall–Kier alpha value is -1.11. The number of hydrogen-bond acceptors (Lipinski definition) is 4. The van der Waals surface area contributed by atoms with Crippen LogP contribution >= 0.6 is 0 Å². The van der Waals surface area contributed by atoms with Crippen molar-refractivity contribution in [2.45, 2.75) is 44.2 Å². The molecule has 1 aliphatic rings. The van der Waals surface area contributed by atoms with E-state index in [1.54, 1.807) is 12.1 Å². The molecule has 0 amide bonds. The molecule has 1 saturated heterocycles. The molecule has 0 saturated carbocycles. The first kappa shape index (κ1) is 16.3. The zero-order valence-corrected chi connectivity index (χ0v) is 13.7. The molecule has 3 N–H and O–H groups in total. The van der Waals surface area contributed by atoms with Crippen molar-refractivity contribution in [2.24, 2.45) is 11.7 Å². The third-order valence-electron chi connectivity index (χ3n) is 3.60. The molecule has 0 aromatic heterocycles. The second-order valence-corrected chi connectivity index (χ2v) is 7.99. The Morgan fingerprint density at radius 3 is 2.38 bits per heavy atom. The standard InChI is InChI=1S/C15H25N3O2S/c1-11(2)17-21(19,20)15-6-4-14(5-7-15)18-9-12(3)8-13(16)10-18/h4-7,11-13,17H,8-10,16H2,1-3H3. The van der Waals surface area contributed by atoms with Crippen LogP contribution in [-0.4, -0.2) is 33.6 Å². The van der Waals surface area contributed by atoms with E-state index in [0.29, 0.717) is 10.8 Å². The fourth-order valence-corrected chi connectivity index (χ4v) is 4.08. The van der Waals surface area contributed by atoms with E-state index in [2.05, 4.69) is 16.5 Å². The molecule has 2 atom stereocenters. The summed E-state index contributed by atoms with van der Waals surface area (Å²) >= 11 is 0. The van der Waals surface area contributed by atoms with Crippen molar-refractivity contribution in [1.29, 1.82) is 0 Å². The molecule has 0 radical (unpaired) electrons. The minimum Gasteiger partial charge on any atom is -0.370 e. The highest BCUT2D eigenvalue weighted by atomic mass is 32.2. The minimum absolute atomic E-state index is 0.115. The van der Waals surface area contributed by atoms with Gasteiger partial charge in [0, 0.05) is 30.9 Å². The van der Waals surface area contributed by atoms with Crippen molar-refractivity contribution in [2.75, 3.05) is 18.0 Å². The van der Waals surface area contributed by atoms with Crippen molar-refractivity contribution in [1.82, 2.24) is 4.72 Å². The number of nitrogens with two attached hydrogens (primary N) is 1. The SMILES string of the molecule is CC1CC(N)CN(c2ccc(S(=O)(=O)NC(C)C)cc2)C1. The first-order valence-electron chi connectivity index (χ1n) is 7.41. The summed E-state index contributed by atoms with van der Waals surface area (Å²) in [6.45, 7) is 7.59. The molecular formula is C15H25N3O2S. The Bertz CT molecular complexity index is 559. The largest absolute Gasteiger partial charge is 0.370 e. The molecule has 2 unspecified atom stereocenters. The van der Waals surface area contributed by atoms with Crippen LogP contribution < -0.4 is 15.4 Å². The van der Waals surface area contributed by atoms with E-state index >= 15 is 0 Å². The van der Waals surface area contributed by atoms with Gasteiger partial charge in [-0.1, -0.05) is 6.92 Å². The lowest BCUT2D eigenvalue weighted by Gasteiger charge is -2.36. The van der Waals surface area contributed by atoms with Crippen LogP contribution in [0.1, 0.15) is 27.2 Å². The summed E-state index contributed by atoms with van der Waals surface area (Å²) in [7, 11) is -3.42. The summed E-state index contributed by atoms with van der Waals surface area (Å²) in [6, 6.07) is 7.10. The van der Waals surface area contributed by atoms with Gasteiger partial charge in [-0.05, 0) is 50.5 Å². The maximum Gasteiger partial charge on any atom is 0.240 e. The molecule has 0 spiro atoms. The van der Waals surface area contributed by atoms with Crippen molar-refractivity contribution in [3.63, 3.8) is 0 Å². The Morgan fingerprint density at radius 1 is 1.24 bits per heavy atom. The number of benzene rings is 1. The van der Waals surface area contributed by atoms with Crippen LogP contribution in [0.4, 0.5) is 5.69 Å². The smallest absolute Gasteiger partial charge is 0.240 e. The second-order valence-electron chi connectivity index (χ2n) is 6.28. The van der Waals surface area contributed by atoms with Gasteiger partial charge in [-0.15, -0.1) is 0 Å². The molecule has 1 aromatic rings. The molecule has 2 rings (SSSR count). The normalized spacial score (nSPS) is 23.6. The van der Waals surface area contributed by atoms with E-state index in [-0.39, 0.29) is 12.1 Å². The van der Waals surface area contributed by atoms with Gasteiger partial charge in [0.2, 0.25) is 10.0 Å². The lowest BCUT2D eigenvalue weighted by Crippen LogP contribution is -2.46. The molecule has 118 valence electrons. The third kappa shape index (κ3) is 4.18. The molecular weight excluding hydrogens is 286 g/mol. The number of hydrogen-bond donors (Lipinski definition) is 2. The molecule has 1 aliphatic heterocycles. The van der Waals surface area contributed by atoms with E-state index in [4.69, 9.17) is 5.73 Å². The molecule has 1 fully saturated rings. The average molecular weight is 311 g/mol. The summed E-state index contributed by atoms with van der Waals surface area (Å²) < 4.78 is 26.8. The Morgan fingerprint density at radius 2 is 1.86 bits per heavy atom. The van der Waals surface area contributed by atoms with Crippen molar-refractivity contribution in [3.05, 3.63) is 24.3 Å². The fraction of sp³-hybridized carbons (Fsp3) is 0.600. The maximum absolute atomic E-state index is 12.1. The topological polar surface area (TPSA) is 75.4 Å². The predicted octanol–water partition coefficient (Wildman–Crippen LogP) is 1.55. The Kier molecular flexibility index (Phi) is 4.91. The van der Waals surface area contributed by atoms with Crippen LogP contribution in [0.25, 0.3) is 0 Å². The molecule has 1 aromatic carbocycles. The van der Waals surface area contributed by atoms with Gasteiger partial charge in [0.15, 0.2) is 0 Å². The zero-order valence-electron chi connectivity index (χ0n) is 12.9. The van der Waals surface area contributed by atoms with Crippen LogP contribution in [0.3, 0.4) is 0 Å². The average Bonchev–Trinajstić information content (AvgIpc) is 2.36. The van der Waals surface area contributed by atoms with Gasteiger partial charge >= 0.3 is 0 Å². The maximum atomic E-state index is 12.1. The van der Waals surface area contributed by atoms with Gasteiger partial charge in [-0.3, -0.25) is 0 Å². The van der Waals surface area contributed by atoms with Gasteiger partial charge in [0.25, 0.3) is 0 Å². The van der Waals surface area contributed by atoms with Crippen LogP contribution in [0.2, 0.25) is 0 Å². The number of piperidine rings is 1. The second kappa shape index (κ2) is 6.34. The van der Waals surface area contributed by atoms with Gasteiger partial charge in [-0.2, -0.15) is 0 Å². The molecule has 5 nitrogen and oxygen atoms in total. The highest BCUT2D eigenvalue weighted by Crippen LogP contribution is 2.23. The summed E-state index contributed by atoms with van der Waals surface area (Å²) in [6.07, 6.45) is 1.04. The quantitative estimate of drug-likeness (QED) is 0.884. The lowest BCUT2D eigenvalue weighted by atomic mass is 9.96. The number of nitrogens with zero attached hydrogens (tertiary/aromatic N) is 1. The molecule has 0 aliphatic carbocycles. The number of anilines is 1. The summed E-state index contributed by atoms with van der Waals surface area (Å²) in [5.41, 5.74) is 7.09. The number of rotatable bonds is 4. The fourth-order valence-electron chi connectivity index (χ4n) is 2.83. The molecule has 1 heterocycles. The Balaban J connectivity index is 2.15. The van der Waals surface area contributed by atoms with Gasteiger partial charge in [0.1, 0.15) is 0 Å². The lowest BCUT2D eigenvalue weighted by molar-refractivity contribution is 0.401. The van der Waals surface area contributed by atoms with Crippen molar-refractivity contribution >= 4 is 15.7 Å². The van der Waals surface area contributed by atoms with Crippen LogP contribution in [0, 0.1) is 5.92 Å². The van der Waals surface area contributed by atoms with Crippen LogP contribution in [0.5, 0.6) is 0 Å². The van der Waals surface area contributed by atoms with E-state index < -0.39 is 10.0 Å². The summed E-state index contributed by atoms with van der Waals surface area (Å²) in [5, 5.41) is 0. The van der Waals surface area contributed by atoms with Crippen LogP contribution in [-0.2, 0) is 10.0 Å². The predicted molar refractivity (Wildman–Crippen MR) is 85.9 cm³/mol. The highest BCUT2D eigenvalue weighted by molar-refractivity contribution is 7.89. The van der Waals surface area contributed by atoms with Gasteiger partial charge < -0.3 is 10.6 Å². The van der Waals surface area contributed by atoms with Crippen molar-refractivity contribution in [3.8, 4) is 0 Å². The van der Waals surface area contributed by atoms with E-state index in [1.165, 1.54) is 0 Å². The van der Waals surface area contributed by atoms with E-state index in [0.717, 1.165) is 25.2 Å². The number of sulfonamides is 1.